The number of imidazole rings is 1. The molecule has 3 aromatic rings. The van der Waals surface area contributed by atoms with E-state index < -0.39 is 12.1 Å². The lowest BCUT2D eigenvalue weighted by molar-refractivity contribution is 0.0746. The van der Waals surface area contributed by atoms with Crippen molar-refractivity contribution in [1.29, 1.82) is 0 Å². The van der Waals surface area contributed by atoms with Crippen molar-refractivity contribution in [3.63, 3.8) is 0 Å². The highest BCUT2D eigenvalue weighted by molar-refractivity contribution is 5.64. The third-order valence-electron chi connectivity index (χ3n) is 5.68. The maximum absolute atomic E-state index is 9.81. The van der Waals surface area contributed by atoms with Gasteiger partial charge in [0, 0.05) is 18.0 Å². The summed E-state index contributed by atoms with van der Waals surface area (Å²) in [5.41, 5.74) is 4.41. The van der Waals surface area contributed by atoms with E-state index in [-0.39, 0.29) is 12.7 Å². The Morgan fingerprint density at radius 1 is 1.07 bits per heavy atom. The maximum Gasteiger partial charge on any atom is 0.138 e. The predicted octanol–water partition coefficient (Wildman–Crippen LogP) is 3.43. The Bertz CT molecular complexity index is 1040. The van der Waals surface area contributed by atoms with E-state index in [1.807, 2.05) is 24.3 Å². The van der Waals surface area contributed by atoms with Gasteiger partial charge in [-0.25, -0.2) is 4.98 Å². The molecule has 2 atom stereocenters. The van der Waals surface area contributed by atoms with Crippen molar-refractivity contribution in [2.45, 2.75) is 43.9 Å². The minimum absolute atomic E-state index is 0.138. The van der Waals surface area contributed by atoms with Crippen LogP contribution in [0.25, 0.3) is 11.1 Å². The van der Waals surface area contributed by atoms with E-state index in [1.165, 1.54) is 5.56 Å². The minimum Gasteiger partial charge on any atom is -0.393 e. The number of hydrogen-bond donors (Lipinski definition) is 3. The maximum atomic E-state index is 9.81. The quantitative estimate of drug-likeness (QED) is 0.572. The van der Waals surface area contributed by atoms with Gasteiger partial charge in [-0.05, 0) is 54.5 Å². The Morgan fingerprint density at radius 3 is 2.27 bits per heavy atom. The summed E-state index contributed by atoms with van der Waals surface area (Å²) in [5, 5.41) is 29.0. The summed E-state index contributed by atoms with van der Waals surface area (Å²) in [5.74, 6) is 7.15. The lowest BCUT2D eigenvalue weighted by Gasteiger charge is -2.31. The molecule has 2 aromatic carbocycles. The molecule has 0 unspecified atom stereocenters. The molecule has 1 fully saturated rings. The molecule has 1 aliphatic rings. The summed E-state index contributed by atoms with van der Waals surface area (Å²) in [7, 11) is 0. The minimum atomic E-state index is -0.726. The van der Waals surface area contributed by atoms with Gasteiger partial charge >= 0.3 is 0 Å². The van der Waals surface area contributed by atoms with Crippen LogP contribution >= 0.6 is 0 Å². The van der Waals surface area contributed by atoms with Gasteiger partial charge in [0.15, 0.2) is 0 Å². The molecule has 5 heteroatoms. The Balaban J connectivity index is 1.47. The summed E-state index contributed by atoms with van der Waals surface area (Å²) in [4.78, 5) is 4.14. The monoisotopic (exact) mass is 402 g/mol. The predicted molar refractivity (Wildman–Crippen MR) is 116 cm³/mol. The van der Waals surface area contributed by atoms with Gasteiger partial charge in [-0.2, -0.15) is 0 Å². The first-order valence-corrected chi connectivity index (χ1v) is 10.3. The smallest absolute Gasteiger partial charge is 0.138 e. The second kappa shape index (κ2) is 8.85. The third-order valence-corrected chi connectivity index (χ3v) is 5.68. The number of aliphatic hydroxyl groups excluding tert-OH is 3. The van der Waals surface area contributed by atoms with Crippen molar-refractivity contribution in [3.8, 4) is 23.0 Å². The number of rotatable bonds is 5. The second-order valence-corrected chi connectivity index (χ2v) is 7.86. The fourth-order valence-corrected chi connectivity index (χ4v) is 3.84. The number of aliphatic hydroxyl groups is 3. The molecular weight excluding hydrogens is 376 g/mol. The molecule has 0 amide bonds. The standard InChI is InChI=1S/C25H26N2O3/c1-17(29)25-26-12-13-27(25)23(16-28)11-4-18-2-5-19(6-3-18)20-7-9-21(10-8-20)22-14-24(30)15-22/h2-3,5-10,12-13,17,22-24,28-30H,14-16H2,1H3/t17-,22?,23-,24?/m0/s1. The fourth-order valence-electron chi connectivity index (χ4n) is 3.84. The Morgan fingerprint density at radius 2 is 1.70 bits per heavy atom. The SMILES string of the molecule is C[C@H](O)c1nccn1[C@@H](C#Cc1ccc(-c2ccc(C3CC(O)C3)cc2)cc1)CO. The largest absolute Gasteiger partial charge is 0.393 e. The van der Waals surface area contributed by atoms with Crippen molar-refractivity contribution in [1.82, 2.24) is 9.55 Å². The molecule has 1 saturated carbocycles. The molecule has 5 nitrogen and oxygen atoms in total. The van der Waals surface area contributed by atoms with E-state index in [2.05, 4.69) is 41.1 Å². The van der Waals surface area contributed by atoms with E-state index in [4.69, 9.17) is 0 Å². The van der Waals surface area contributed by atoms with Gasteiger partial charge in [0.1, 0.15) is 18.0 Å². The number of benzene rings is 2. The molecule has 1 aliphatic carbocycles. The third kappa shape index (κ3) is 4.31. The number of hydrogen-bond acceptors (Lipinski definition) is 4. The van der Waals surface area contributed by atoms with Crippen molar-refractivity contribution < 1.29 is 15.3 Å². The van der Waals surface area contributed by atoms with Gasteiger partial charge < -0.3 is 19.9 Å². The zero-order chi connectivity index (χ0) is 21.1. The van der Waals surface area contributed by atoms with Crippen LogP contribution in [0.1, 0.15) is 54.8 Å². The molecule has 1 heterocycles. The van der Waals surface area contributed by atoms with Crippen LogP contribution in [0.15, 0.2) is 60.9 Å². The molecule has 4 rings (SSSR count). The Kier molecular flexibility index (Phi) is 6.01. The lowest BCUT2D eigenvalue weighted by Crippen LogP contribution is -2.26. The zero-order valence-corrected chi connectivity index (χ0v) is 16.9. The van der Waals surface area contributed by atoms with Gasteiger partial charge in [-0.1, -0.05) is 48.2 Å². The van der Waals surface area contributed by atoms with Crippen molar-refractivity contribution in [2.24, 2.45) is 0 Å². The van der Waals surface area contributed by atoms with E-state index in [0.717, 1.165) is 29.5 Å². The molecule has 0 aliphatic heterocycles. The van der Waals surface area contributed by atoms with Crippen LogP contribution in [-0.2, 0) is 0 Å². The molecule has 1 aromatic heterocycles. The van der Waals surface area contributed by atoms with Gasteiger partial charge in [-0.15, -0.1) is 0 Å². The summed E-state index contributed by atoms with van der Waals surface area (Å²) < 4.78 is 1.70. The number of aromatic nitrogens is 2. The fraction of sp³-hybridized carbons (Fsp3) is 0.320. The lowest BCUT2D eigenvalue weighted by atomic mass is 9.77. The van der Waals surface area contributed by atoms with Crippen molar-refractivity contribution in [3.05, 3.63) is 77.9 Å². The summed E-state index contributed by atoms with van der Waals surface area (Å²) in [6.45, 7) is 1.48. The molecule has 0 bridgehead atoms. The first-order chi connectivity index (χ1) is 14.5. The topological polar surface area (TPSA) is 78.5 Å². The Labute approximate surface area is 176 Å². The summed E-state index contributed by atoms with van der Waals surface area (Å²) in [6.07, 6.45) is 4.17. The molecule has 0 radical (unpaired) electrons. The van der Waals surface area contributed by atoms with Crippen LogP contribution < -0.4 is 0 Å². The molecule has 0 spiro atoms. The van der Waals surface area contributed by atoms with E-state index >= 15 is 0 Å². The number of nitrogens with zero attached hydrogens (tertiary/aromatic N) is 2. The summed E-state index contributed by atoms with van der Waals surface area (Å²) in [6, 6.07) is 16.1. The average Bonchev–Trinajstić information content (AvgIpc) is 3.23. The molecule has 154 valence electrons. The molecule has 0 saturated heterocycles. The van der Waals surface area contributed by atoms with E-state index in [0.29, 0.717) is 11.7 Å². The first-order valence-electron chi connectivity index (χ1n) is 10.3. The average molecular weight is 402 g/mol. The van der Waals surface area contributed by atoms with Gasteiger partial charge in [0.05, 0.1) is 12.7 Å². The second-order valence-electron chi connectivity index (χ2n) is 7.86. The summed E-state index contributed by atoms with van der Waals surface area (Å²) >= 11 is 0. The highest BCUT2D eigenvalue weighted by atomic mass is 16.3. The molecular formula is C25H26N2O3. The van der Waals surface area contributed by atoms with E-state index in [9.17, 15) is 15.3 Å². The van der Waals surface area contributed by atoms with Crippen LogP contribution in [0.3, 0.4) is 0 Å². The van der Waals surface area contributed by atoms with Crippen LogP contribution in [0.5, 0.6) is 0 Å². The van der Waals surface area contributed by atoms with Gasteiger partial charge in [0.2, 0.25) is 0 Å². The van der Waals surface area contributed by atoms with Crippen molar-refractivity contribution in [2.75, 3.05) is 6.61 Å². The zero-order valence-electron chi connectivity index (χ0n) is 16.9. The van der Waals surface area contributed by atoms with Crippen LogP contribution in [0.4, 0.5) is 0 Å². The highest BCUT2D eigenvalue weighted by Crippen LogP contribution is 2.37. The normalized spacial score (nSPS) is 20.0. The highest BCUT2D eigenvalue weighted by Gasteiger charge is 2.28. The van der Waals surface area contributed by atoms with E-state index in [1.54, 1.807) is 23.9 Å². The first kappa shape index (κ1) is 20.4. The Hall–Kier alpha value is -2.91. The van der Waals surface area contributed by atoms with Crippen molar-refractivity contribution >= 4 is 0 Å². The van der Waals surface area contributed by atoms with Gasteiger partial charge in [0.25, 0.3) is 0 Å². The molecule has 30 heavy (non-hydrogen) atoms. The van der Waals surface area contributed by atoms with Gasteiger partial charge in [-0.3, -0.25) is 0 Å². The molecule has 3 N–H and O–H groups in total. The van der Waals surface area contributed by atoms with Crippen LogP contribution in [0, 0.1) is 11.8 Å². The van der Waals surface area contributed by atoms with Crippen LogP contribution in [-0.4, -0.2) is 37.6 Å². The van der Waals surface area contributed by atoms with Crippen LogP contribution in [0.2, 0.25) is 0 Å².